The highest BCUT2D eigenvalue weighted by atomic mass is 16.5. The highest BCUT2D eigenvalue weighted by Gasteiger charge is 2.03. The topological polar surface area (TPSA) is 68.4 Å². The summed E-state index contributed by atoms with van der Waals surface area (Å²) in [4.78, 5) is 4.22. The molecule has 0 fully saturated rings. The lowest BCUT2D eigenvalue weighted by molar-refractivity contribution is 0.114. The van der Waals surface area contributed by atoms with Crippen molar-refractivity contribution in [1.82, 2.24) is 4.98 Å². The average Bonchev–Trinajstić information content (AvgIpc) is 2.35. The number of aliphatic hydroxyl groups is 1. The Hall–Kier alpha value is -1.65. The summed E-state index contributed by atoms with van der Waals surface area (Å²) in [6, 6.07) is 9.51. The highest BCUT2D eigenvalue weighted by molar-refractivity contribution is 5.79. The van der Waals surface area contributed by atoms with Gasteiger partial charge in [0, 0.05) is 24.2 Å². The third kappa shape index (κ3) is 2.48. The van der Waals surface area contributed by atoms with Crippen LogP contribution in [0.3, 0.4) is 0 Å². The second kappa shape index (κ2) is 4.92. The molecule has 2 aromatic rings. The SMILES string of the molecule is NCC(O)COc1ccc2cccnc2c1. The molecule has 0 saturated carbocycles. The molecule has 0 aliphatic carbocycles. The summed E-state index contributed by atoms with van der Waals surface area (Å²) in [7, 11) is 0. The van der Waals surface area contributed by atoms with Gasteiger partial charge in [0.25, 0.3) is 0 Å². The van der Waals surface area contributed by atoms with Crippen molar-refractivity contribution in [1.29, 1.82) is 0 Å². The van der Waals surface area contributed by atoms with Crippen molar-refractivity contribution >= 4 is 10.9 Å². The van der Waals surface area contributed by atoms with Crippen LogP contribution in [0.4, 0.5) is 0 Å². The molecule has 3 N–H and O–H groups in total. The molecule has 1 aromatic heterocycles. The average molecular weight is 218 g/mol. The van der Waals surface area contributed by atoms with Crippen LogP contribution in [-0.4, -0.2) is 29.3 Å². The van der Waals surface area contributed by atoms with Gasteiger partial charge in [0.1, 0.15) is 18.5 Å². The van der Waals surface area contributed by atoms with Gasteiger partial charge in [-0.15, -0.1) is 0 Å². The van der Waals surface area contributed by atoms with E-state index >= 15 is 0 Å². The maximum atomic E-state index is 9.27. The lowest BCUT2D eigenvalue weighted by Crippen LogP contribution is -2.26. The van der Waals surface area contributed by atoms with Crippen LogP contribution < -0.4 is 10.5 Å². The molecule has 0 spiro atoms. The van der Waals surface area contributed by atoms with Gasteiger partial charge in [-0.3, -0.25) is 4.98 Å². The predicted octanol–water partition coefficient (Wildman–Crippen LogP) is 0.933. The van der Waals surface area contributed by atoms with Gasteiger partial charge >= 0.3 is 0 Å². The Balaban J connectivity index is 2.13. The molecule has 4 nitrogen and oxygen atoms in total. The smallest absolute Gasteiger partial charge is 0.121 e. The van der Waals surface area contributed by atoms with Gasteiger partial charge in [0.2, 0.25) is 0 Å². The van der Waals surface area contributed by atoms with Crippen LogP contribution in [0, 0.1) is 0 Å². The molecule has 1 aromatic carbocycles. The first-order valence-electron chi connectivity index (χ1n) is 5.15. The Bertz CT molecular complexity index is 473. The standard InChI is InChI=1S/C12H14N2O2/c13-7-10(15)8-16-11-4-3-9-2-1-5-14-12(9)6-11/h1-6,10,15H,7-8,13H2. The number of pyridine rings is 1. The molecule has 0 saturated heterocycles. The Morgan fingerprint density at radius 3 is 3.06 bits per heavy atom. The summed E-state index contributed by atoms with van der Waals surface area (Å²) in [5.74, 6) is 0.693. The zero-order valence-electron chi connectivity index (χ0n) is 8.84. The number of benzene rings is 1. The summed E-state index contributed by atoms with van der Waals surface area (Å²) in [5.41, 5.74) is 6.16. The molecule has 0 bridgehead atoms. The van der Waals surface area contributed by atoms with Crippen molar-refractivity contribution in [3.8, 4) is 5.75 Å². The van der Waals surface area contributed by atoms with E-state index < -0.39 is 6.10 Å². The molecular formula is C12H14N2O2. The molecule has 1 atom stereocenters. The van der Waals surface area contributed by atoms with Crippen molar-refractivity contribution < 1.29 is 9.84 Å². The minimum absolute atomic E-state index is 0.200. The second-order valence-electron chi connectivity index (χ2n) is 3.56. The van der Waals surface area contributed by atoms with Gasteiger partial charge in [0.15, 0.2) is 0 Å². The largest absolute Gasteiger partial charge is 0.491 e. The molecule has 84 valence electrons. The van der Waals surface area contributed by atoms with E-state index in [9.17, 15) is 5.11 Å². The fourth-order valence-electron chi connectivity index (χ4n) is 1.40. The Labute approximate surface area is 93.7 Å². The first kappa shape index (κ1) is 10.9. The number of hydrogen-bond acceptors (Lipinski definition) is 4. The van der Waals surface area contributed by atoms with Crippen LogP contribution in [0.25, 0.3) is 10.9 Å². The molecule has 0 aliphatic heterocycles. The number of hydrogen-bond donors (Lipinski definition) is 2. The van der Waals surface area contributed by atoms with Crippen LogP contribution in [-0.2, 0) is 0 Å². The van der Waals surface area contributed by atoms with Crippen LogP contribution in [0.1, 0.15) is 0 Å². The van der Waals surface area contributed by atoms with E-state index in [1.165, 1.54) is 0 Å². The van der Waals surface area contributed by atoms with E-state index in [2.05, 4.69) is 4.98 Å². The number of nitrogens with zero attached hydrogens (tertiary/aromatic N) is 1. The zero-order chi connectivity index (χ0) is 11.4. The quantitative estimate of drug-likeness (QED) is 0.801. The summed E-state index contributed by atoms with van der Waals surface area (Å²) in [5, 5.41) is 10.3. The van der Waals surface area contributed by atoms with E-state index in [0.29, 0.717) is 5.75 Å². The Morgan fingerprint density at radius 1 is 1.38 bits per heavy atom. The lowest BCUT2D eigenvalue weighted by atomic mass is 10.2. The van der Waals surface area contributed by atoms with Crippen molar-refractivity contribution in [2.45, 2.75) is 6.10 Å². The Morgan fingerprint density at radius 2 is 2.25 bits per heavy atom. The van der Waals surface area contributed by atoms with Crippen LogP contribution in [0.2, 0.25) is 0 Å². The number of ether oxygens (including phenoxy) is 1. The third-order valence-electron chi connectivity index (χ3n) is 2.29. The number of fused-ring (bicyclic) bond motifs is 1. The number of aliphatic hydroxyl groups excluding tert-OH is 1. The predicted molar refractivity (Wildman–Crippen MR) is 62.3 cm³/mol. The van der Waals surface area contributed by atoms with Crippen molar-refractivity contribution in [2.75, 3.05) is 13.2 Å². The lowest BCUT2D eigenvalue weighted by Gasteiger charge is -2.10. The first-order valence-corrected chi connectivity index (χ1v) is 5.15. The van der Waals surface area contributed by atoms with Crippen molar-refractivity contribution in [3.63, 3.8) is 0 Å². The minimum Gasteiger partial charge on any atom is -0.491 e. The molecule has 0 aliphatic rings. The van der Waals surface area contributed by atoms with Crippen molar-refractivity contribution in [3.05, 3.63) is 36.5 Å². The first-order chi connectivity index (χ1) is 7.79. The summed E-state index contributed by atoms with van der Waals surface area (Å²) in [6.45, 7) is 0.403. The summed E-state index contributed by atoms with van der Waals surface area (Å²) in [6.07, 6.45) is 1.11. The van der Waals surface area contributed by atoms with Gasteiger partial charge in [0.05, 0.1) is 5.52 Å². The van der Waals surface area contributed by atoms with Crippen LogP contribution in [0.15, 0.2) is 36.5 Å². The normalized spacial score (nSPS) is 12.6. The van der Waals surface area contributed by atoms with Gasteiger partial charge in [-0.05, 0) is 18.2 Å². The fourth-order valence-corrected chi connectivity index (χ4v) is 1.40. The van der Waals surface area contributed by atoms with E-state index in [1.54, 1.807) is 6.20 Å². The van der Waals surface area contributed by atoms with E-state index in [4.69, 9.17) is 10.5 Å². The second-order valence-corrected chi connectivity index (χ2v) is 3.56. The van der Waals surface area contributed by atoms with Gasteiger partial charge in [-0.25, -0.2) is 0 Å². The highest BCUT2D eigenvalue weighted by Crippen LogP contribution is 2.18. The van der Waals surface area contributed by atoms with E-state index in [-0.39, 0.29) is 13.2 Å². The van der Waals surface area contributed by atoms with Crippen molar-refractivity contribution in [2.24, 2.45) is 5.73 Å². The van der Waals surface area contributed by atoms with Crippen LogP contribution >= 0.6 is 0 Å². The maximum Gasteiger partial charge on any atom is 0.121 e. The molecule has 16 heavy (non-hydrogen) atoms. The number of nitrogens with two attached hydrogens (primary N) is 1. The fraction of sp³-hybridized carbons (Fsp3) is 0.250. The summed E-state index contributed by atoms with van der Waals surface area (Å²) >= 11 is 0. The minimum atomic E-state index is -0.626. The van der Waals surface area contributed by atoms with E-state index in [1.807, 2.05) is 30.3 Å². The molecule has 4 heteroatoms. The molecule has 1 unspecified atom stereocenters. The van der Waals surface area contributed by atoms with Gasteiger partial charge in [-0.1, -0.05) is 6.07 Å². The molecule has 2 rings (SSSR count). The zero-order valence-corrected chi connectivity index (χ0v) is 8.84. The number of rotatable bonds is 4. The van der Waals surface area contributed by atoms with Gasteiger partial charge in [-0.2, -0.15) is 0 Å². The molecule has 0 radical (unpaired) electrons. The molecule has 1 heterocycles. The Kier molecular flexibility index (Phi) is 3.34. The maximum absolute atomic E-state index is 9.27. The number of aromatic nitrogens is 1. The van der Waals surface area contributed by atoms with E-state index in [0.717, 1.165) is 10.9 Å². The van der Waals surface area contributed by atoms with Gasteiger partial charge < -0.3 is 15.6 Å². The van der Waals surface area contributed by atoms with Crippen LogP contribution in [0.5, 0.6) is 5.75 Å². The third-order valence-corrected chi connectivity index (χ3v) is 2.29. The molecule has 0 amide bonds. The monoisotopic (exact) mass is 218 g/mol. The summed E-state index contributed by atoms with van der Waals surface area (Å²) < 4.78 is 5.40. The molecular weight excluding hydrogens is 204 g/mol.